The number of aromatic nitrogens is 1. The van der Waals surface area contributed by atoms with Crippen LogP contribution in [0, 0.1) is 0 Å². The van der Waals surface area contributed by atoms with Crippen molar-refractivity contribution < 1.29 is 19.6 Å². The predicted molar refractivity (Wildman–Crippen MR) is 67.9 cm³/mol. The van der Waals surface area contributed by atoms with Gasteiger partial charge in [0.15, 0.2) is 18.5 Å². The number of carbonyl (C=O) groups is 1. The smallest absolute Gasteiger partial charge is 0.211 e. The molecule has 1 amide bonds. The van der Waals surface area contributed by atoms with Crippen molar-refractivity contribution >= 4 is 23.1 Å². The third-order valence-corrected chi connectivity index (χ3v) is 1.55. The zero-order valence-corrected chi connectivity index (χ0v) is 11.6. The van der Waals surface area contributed by atoms with Crippen LogP contribution < -0.4 is 9.67 Å². The summed E-state index contributed by atoms with van der Waals surface area (Å²) < 4.78 is 1.85. The molecule has 0 saturated heterocycles. The van der Waals surface area contributed by atoms with E-state index in [1.807, 2.05) is 10.8 Å². The van der Waals surface area contributed by atoms with Crippen molar-refractivity contribution in [1.82, 2.24) is 4.90 Å². The summed E-state index contributed by atoms with van der Waals surface area (Å²) in [6.07, 6.45) is 4.15. The number of hydrogen-bond acceptors (Lipinski definition) is 3. The molecule has 0 aliphatic rings. The Morgan fingerprint density at radius 2 is 2.18 bits per heavy atom. The summed E-state index contributed by atoms with van der Waals surface area (Å²) >= 11 is 0. The van der Waals surface area contributed by atoms with E-state index in [1.165, 1.54) is 14.1 Å². The zero-order chi connectivity index (χ0) is 12.6. The van der Waals surface area contributed by atoms with Crippen LogP contribution in [-0.2, 0) is 6.54 Å². The van der Waals surface area contributed by atoms with Gasteiger partial charge in [-0.05, 0) is 12.1 Å². The number of pyridine rings is 1. The second-order valence-corrected chi connectivity index (χ2v) is 3.21. The Morgan fingerprint density at radius 3 is 2.53 bits per heavy atom. The normalized spacial score (nSPS) is 8.12. The average molecular weight is 305 g/mol. The fraction of sp³-hybridized carbons (Fsp3) is 0.273. The Morgan fingerprint density at radius 1 is 1.65 bits per heavy atom. The molecule has 0 radical (unpaired) electrons. The number of allylic oxidation sites excluding steroid dienone is 1. The maximum absolute atomic E-state index is 9.51. The van der Waals surface area contributed by atoms with Crippen molar-refractivity contribution in [2.24, 2.45) is 0 Å². The molecule has 0 aromatic carbocycles. The number of halogens is 1. The second-order valence-electron chi connectivity index (χ2n) is 3.21. The molecular weight excluding hydrogens is 288 g/mol. The maximum Gasteiger partial charge on any atom is 0.211 e. The Kier molecular flexibility index (Phi) is 10.1. The molecule has 0 aliphatic heterocycles. The highest BCUT2D eigenvalue weighted by molar-refractivity contribution is 8.93. The van der Waals surface area contributed by atoms with Crippen LogP contribution in [0.25, 0.3) is 0 Å². The SMILES string of the molecule is Br.C=CC[n+]1cccc(O)c1.CN(C)C(=O)[O-]. The molecule has 5 nitrogen and oxygen atoms in total. The molecule has 0 fully saturated rings. The largest absolute Gasteiger partial charge is 0.530 e. The third-order valence-electron chi connectivity index (χ3n) is 1.55. The van der Waals surface area contributed by atoms with E-state index in [2.05, 4.69) is 6.58 Å². The molecule has 1 heterocycles. The van der Waals surface area contributed by atoms with E-state index < -0.39 is 6.09 Å². The molecular formula is C11H17BrN2O3. The van der Waals surface area contributed by atoms with Gasteiger partial charge in [-0.25, -0.2) is 0 Å². The van der Waals surface area contributed by atoms with Crippen LogP contribution in [0.3, 0.4) is 0 Å². The van der Waals surface area contributed by atoms with E-state index in [1.54, 1.807) is 24.4 Å². The van der Waals surface area contributed by atoms with Crippen molar-refractivity contribution in [2.75, 3.05) is 14.1 Å². The molecule has 0 saturated carbocycles. The van der Waals surface area contributed by atoms with Gasteiger partial charge in [0.05, 0.1) is 0 Å². The molecule has 0 unspecified atom stereocenters. The van der Waals surface area contributed by atoms with Crippen LogP contribution in [0.1, 0.15) is 0 Å². The van der Waals surface area contributed by atoms with Gasteiger partial charge in [-0.1, -0.05) is 6.58 Å². The second kappa shape index (κ2) is 9.65. The summed E-state index contributed by atoms with van der Waals surface area (Å²) in [6, 6.07) is 3.43. The lowest BCUT2D eigenvalue weighted by Gasteiger charge is -2.10. The molecule has 1 rings (SSSR count). The van der Waals surface area contributed by atoms with E-state index >= 15 is 0 Å². The first-order chi connectivity index (χ1) is 7.47. The van der Waals surface area contributed by atoms with Gasteiger partial charge in [0.1, 0.15) is 6.09 Å². The van der Waals surface area contributed by atoms with Crippen LogP contribution in [0.5, 0.6) is 5.75 Å². The predicted octanol–water partition coefficient (Wildman–Crippen LogP) is 0.335. The first-order valence-corrected chi connectivity index (χ1v) is 4.64. The minimum Gasteiger partial charge on any atom is -0.530 e. The van der Waals surface area contributed by atoms with Crippen molar-refractivity contribution in [1.29, 1.82) is 0 Å². The highest BCUT2D eigenvalue weighted by Crippen LogP contribution is 1.99. The van der Waals surface area contributed by atoms with Gasteiger partial charge >= 0.3 is 0 Å². The Labute approximate surface area is 111 Å². The van der Waals surface area contributed by atoms with E-state index in [4.69, 9.17) is 5.11 Å². The summed E-state index contributed by atoms with van der Waals surface area (Å²) in [5.41, 5.74) is 0. The molecule has 0 spiro atoms. The van der Waals surface area contributed by atoms with Crippen molar-refractivity contribution in [2.45, 2.75) is 6.54 Å². The summed E-state index contributed by atoms with van der Waals surface area (Å²) in [5, 5.41) is 18.5. The summed E-state index contributed by atoms with van der Waals surface area (Å²) in [5.74, 6) is 0.282. The lowest BCUT2D eigenvalue weighted by atomic mass is 10.4. The molecule has 1 aromatic heterocycles. The standard InChI is InChI=1S/C8H9NO.C3H7NO2.BrH/c1-2-5-9-6-3-4-8(10)7-9;1-4(2)3(5)6;/h2-4,6-7H,1,5H2;1-2H3,(H,5,6);1H. The van der Waals surface area contributed by atoms with Crippen LogP contribution in [0.15, 0.2) is 37.2 Å². The lowest BCUT2D eigenvalue weighted by molar-refractivity contribution is -0.687. The molecule has 0 aliphatic carbocycles. The van der Waals surface area contributed by atoms with Gasteiger partial charge in [-0.15, -0.1) is 17.0 Å². The van der Waals surface area contributed by atoms with Gasteiger partial charge < -0.3 is 19.9 Å². The van der Waals surface area contributed by atoms with E-state index in [0.717, 1.165) is 11.4 Å². The first kappa shape index (κ1) is 17.8. The van der Waals surface area contributed by atoms with Crippen molar-refractivity contribution in [3.8, 4) is 5.75 Å². The number of nitrogens with zero attached hydrogens (tertiary/aromatic N) is 2. The van der Waals surface area contributed by atoms with Gasteiger partial charge in [0, 0.05) is 20.2 Å². The molecule has 1 N–H and O–H groups in total. The van der Waals surface area contributed by atoms with Crippen LogP contribution in [-0.4, -0.2) is 30.2 Å². The van der Waals surface area contributed by atoms with Gasteiger partial charge in [-0.2, -0.15) is 4.57 Å². The fourth-order valence-corrected chi connectivity index (χ4v) is 0.771. The van der Waals surface area contributed by atoms with E-state index in [0.29, 0.717) is 0 Å². The van der Waals surface area contributed by atoms with Crippen molar-refractivity contribution in [3.05, 3.63) is 37.2 Å². The van der Waals surface area contributed by atoms with Gasteiger partial charge in [0.2, 0.25) is 6.20 Å². The number of rotatable bonds is 2. The van der Waals surface area contributed by atoms with Gasteiger partial charge in [-0.3, -0.25) is 0 Å². The fourth-order valence-electron chi connectivity index (χ4n) is 0.771. The van der Waals surface area contributed by atoms with Crippen LogP contribution >= 0.6 is 17.0 Å². The summed E-state index contributed by atoms with van der Waals surface area (Å²) in [6.45, 7) is 4.31. The topological polar surface area (TPSA) is 67.5 Å². The number of amides is 1. The number of hydrogen-bond donors (Lipinski definition) is 1. The monoisotopic (exact) mass is 304 g/mol. The maximum atomic E-state index is 9.51. The van der Waals surface area contributed by atoms with Gasteiger partial charge in [0.25, 0.3) is 0 Å². The summed E-state index contributed by atoms with van der Waals surface area (Å²) in [7, 11) is 2.82. The molecule has 96 valence electrons. The number of aromatic hydroxyl groups is 1. The Bertz CT molecular complexity index is 356. The van der Waals surface area contributed by atoms with E-state index in [-0.39, 0.29) is 22.7 Å². The Hall–Kier alpha value is -1.56. The van der Waals surface area contributed by atoms with Crippen LogP contribution in [0.2, 0.25) is 0 Å². The number of carbonyl (C=O) groups excluding carboxylic acids is 1. The highest BCUT2D eigenvalue weighted by Gasteiger charge is 1.95. The number of carboxylic acid groups (broad SMARTS) is 1. The Balaban J connectivity index is 0. The zero-order valence-electron chi connectivity index (χ0n) is 9.87. The minimum atomic E-state index is -1.16. The minimum absolute atomic E-state index is 0. The summed E-state index contributed by atoms with van der Waals surface area (Å²) in [4.78, 5) is 10.5. The molecule has 17 heavy (non-hydrogen) atoms. The van der Waals surface area contributed by atoms with E-state index in [9.17, 15) is 9.90 Å². The van der Waals surface area contributed by atoms with Crippen LogP contribution in [0.4, 0.5) is 4.79 Å². The highest BCUT2D eigenvalue weighted by atomic mass is 79.9. The first-order valence-electron chi connectivity index (χ1n) is 4.64. The van der Waals surface area contributed by atoms with Crippen molar-refractivity contribution in [3.63, 3.8) is 0 Å². The molecule has 0 atom stereocenters. The third kappa shape index (κ3) is 9.37. The molecule has 6 heteroatoms. The quantitative estimate of drug-likeness (QED) is 0.633. The molecule has 1 aromatic rings. The average Bonchev–Trinajstić information content (AvgIpc) is 2.19. The molecule has 0 bridgehead atoms. The lowest BCUT2D eigenvalue weighted by Crippen LogP contribution is -2.35.